The topological polar surface area (TPSA) is 65.5 Å². The lowest BCUT2D eigenvalue weighted by molar-refractivity contribution is -0.126. The lowest BCUT2D eigenvalue weighted by Crippen LogP contribution is -2.47. The summed E-state index contributed by atoms with van der Waals surface area (Å²) < 4.78 is 13.8. The van der Waals surface area contributed by atoms with Gasteiger partial charge in [0.25, 0.3) is 0 Å². The van der Waals surface area contributed by atoms with Crippen molar-refractivity contribution in [3.63, 3.8) is 0 Å². The molecule has 0 bridgehead atoms. The number of hydrogen-bond donors (Lipinski definition) is 3. The van der Waals surface area contributed by atoms with Gasteiger partial charge in [0.15, 0.2) is 5.96 Å². The predicted octanol–water partition coefficient (Wildman–Crippen LogP) is 3.02. The number of carbonyl (C=O) groups is 1. The average molecular weight is 395 g/mol. The van der Waals surface area contributed by atoms with E-state index in [0.29, 0.717) is 35.6 Å². The number of hydrogen-bond acceptors (Lipinski definition) is 2. The highest BCUT2D eigenvalue weighted by molar-refractivity contribution is 6.31. The van der Waals surface area contributed by atoms with E-state index in [0.717, 1.165) is 38.5 Å². The highest BCUT2D eigenvalue weighted by atomic mass is 35.5. The first kappa shape index (κ1) is 19.9. The van der Waals surface area contributed by atoms with Crippen molar-refractivity contribution in [1.29, 1.82) is 0 Å². The van der Waals surface area contributed by atoms with E-state index in [-0.39, 0.29) is 23.7 Å². The second kappa shape index (κ2) is 9.40. The van der Waals surface area contributed by atoms with E-state index in [2.05, 4.69) is 20.9 Å². The van der Waals surface area contributed by atoms with Gasteiger partial charge in [-0.05, 0) is 50.7 Å². The number of halogens is 2. The van der Waals surface area contributed by atoms with Gasteiger partial charge >= 0.3 is 0 Å². The van der Waals surface area contributed by atoms with Crippen LogP contribution in [0.2, 0.25) is 5.02 Å². The fourth-order valence-corrected chi connectivity index (χ4v) is 3.83. The zero-order valence-electron chi connectivity index (χ0n) is 15.7. The Labute approximate surface area is 165 Å². The summed E-state index contributed by atoms with van der Waals surface area (Å²) in [5.41, 5.74) is 0.511. The maximum Gasteiger partial charge on any atom is 0.223 e. The molecule has 0 saturated heterocycles. The summed E-state index contributed by atoms with van der Waals surface area (Å²) in [6.45, 7) is 0.526. The van der Waals surface area contributed by atoms with E-state index in [1.165, 1.54) is 6.07 Å². The molecule has 2 atom stereocenters. The van der Waals surface area contributed by atoms with E-state index >= 15 is 0 Å². The molecule has 3 N–H and O–H groups in total. The van der Waals surface area contributed by atoms with E-state index < -0.39 is 0 Å². The molecular weight excluding hydrogens is 367 g/mol. The van der Waals surface area contributed by atoms with Crippen LogP contribution in [0.1, 0.15) is 44.1 Å². The number of rotatable bonds is 6. The van der Waals surface area contributed by atoms with Crippen LogP contribution in [0.5, 0.6) is 0 Å². The average Bonchev–Trinajstić information content (AvgIpc) is 3.47. The van der Waals surface area contributed by atoms with Crippen LogP contribution in [0.4, 0.5) is 4.39 Å². The van der Waals surface area contributed by atoms with Gasteiger partial charge in [0.2, 0.25) is 5.91 Å². The molecule has 0 radical (unpaired) electrons. The van der Waals surface area contributed by atoms with E-state index in [4.69, 9.17) is 11.6 Å². The second-order valence-electron chi connectivity index (χ2n) is 7.44. The summed E-state index contributed by atoms with van der Waals surface area (Å²) in [6.07, 6.45) is 6.52. The van der Waals surface area contributed by atoms with Crippen LogP contribution in [-0.2, 0) is 11.2 Å². The summed E-state index contributed by atoms with van der Waals surface area (Å²) in [7, 11) is 1.71. The molecule has 2 aliphatic carbocycles. The highest BCUT2D eigenvalue weighted by Crippen LogP contribution is 2.26. The number of carbonyl (C=O) groups excluding carboxylic acids is 1. The molecule has 0 spiro atoms. The molecule has 148 valence electrons. The first-order valence-electron chi connectivity index (χ1n) is 9.77. The predicted molar refractivity (Wildman–Crippen MR) is 107 cm³/mol. The third-order valence-corrected chi connectivity index (χ3v) is 5.62. The van der Waals surface area contributed by atoms with Crippen LogP contribution in [0, 0.1) is 11.7 Å². The normalized spacial score (nSPS) is 23.0. The maximum atomic E-state index is 13.8. The van der Waals surface area contributed by atoms with E-state index in [1.807, 2.05) is 0 Å². The van der Waals surface area contributed by atoms with Gasteiger partial charge in [0.1, 0.15) is 5.82 Å². The van der Waals surface area contributed by atoms with Gasteiger partial charge in [-0.1, -0.05) is 24.1 Å². The second-order valence-corrected chi connectivity index (χ2v) is 7.84. The summed E-state index contributed by atoms with van der Waals surface area (Å²) in [5, 5.41) is 10.2. The molecule has 2 saturated carbocycles. The number of aliphatic imine (C=N–C) groups is 1. The molecule has 5 nitrogen and oxygen atoms in total. The molecule has 2 aliphatic rings. The van der Waals surface area contributed by atoms with Gasteiger partial charge in [-0.2, -0.15) is 0 Å². The van der Waals surface area contributed by atoms with Crippen molar-refractivity contribution in [1.82, 2.24) is 16.0 Å². The van der Waals surface area contributed by atoms with Crippen LogP contribution >= 0.6 is 11.6 Å². The van der Waals surface area contributed by atoms with Crippen LogP contribution in [0.3, 0.4) is 0 Å². The Morgan fingerprint density at radius 1 is 1.22 bits per heavy atom. The molecule has 7 heteroatoms. The summed E-state index contributed by atoms with van der Waals surface area (Å²) in [5.74, 6) is 0.660. The maximum absolute atomic E-state index is 13.8. The summed E-state index contributed by atoms with van der Waals surface area (Å²) in [6, 6.07) is 5.35. The molecule has 0 aromatic heterocycles. The van der Waals surface area contributed by atoms with Gasteiger partial charge in [-0.15, -0.1) is 0 Å². The molecule has 0 aliphatic heterocycles. The van der Waals surface area contributed by atoms with Crippen molar-refractivity contribution in [2.24, 2.45) is 10.9 Å². The fourth-order valence-electron chi connectivity index (χ4n) is 3.57. The molecule has 1 aromatic carbocycles. The molecule has 2 unspecified atom stereocenters. The van der Waals surface area contributed by atoms with Crippen molar-refractivity contribution >= 4 is 23.5 Å². The number of nitrogens with zero attached hydrogens (tertiary/aromatic N) is 1. The van der Waals surface area contributed by atoms with Gasteiger partial charge in [0.05, 0.1) is 0 Å². The van der Waals surface area contributed by atoms with E-state index in [9.17, 15) is 9.18 Å². The zero-order valence-corrected chi connectivity index (χ0v) is 16.5. The molecule has 27 heavy (non-hydrogen) atoms. The summed E-state index contributed by atoms with van der Waals surface area (Å²) in [4.78, 5) is 16.6. The summed E-state index contributed by atoms with van der Waals surface area (Å²) >= 11 is 6.07. The Balaban J connectivity index is 1.45. The molecule has 2 fully saturated rings. The number of benzene rings is 1. The lowest BCUT2D eigenvalue weighted by Gasteiger charge is -2.30. The number of nitrogens with one attached hydrogen (secondary N) is 3. The van der Waals surface area contributed by atoms with Crippen molar-refractivity contribution in [2.75, 3.05) is 13.6 Å². The molecule has 1 amide bonds. The quantitative estimate of drug-likeness (QED) is 0.513. The van der Waals surface area contributed by atoms with Crippen molar-refractivity contribution < 1.29 is 9.18 Å². The van der Waals surface area contributed by atoms with E-state index in [1.54, 1.807) is 19.2 Å². The smallest absolute Gasteiger partial charge is 0.223 e. The number of amides is 1. The molecule has 1 aromatic rings. The van der Waals surface area contributed by atoms with Gasteiger partial charge in [-0.25, -0.2) is 4.39 Å². The standard InChI is InChI=1S/C20H28ClFN4O/c1-23-20(24-11-10-16-17(21)6-3-7-18(16)22)26-15-5-2-4-13(12-15)19(27)25-14-8-9-14/h3,6-7,13-15H,2,4-5,8-12H2,1H3,(H,25,27)(H2,23,24,26). The largest absolute Gasteiger partial charge is 0.356 e. The van der Waals surface area contributed by atoms with Gasteiger partial charge < -0.3 is 16.0 Å². The van der Waals surface area contributed by atoms with Crippen LogP contribution in [0.25, 0.3) is 0 Å². The third kappa shape index (κ3) is 5.83. The molecular formula is C20H28ClFN4O. The van der Waals surface area contributed by atoms with Crippen LogP contribution in [0.15, 0.2) is 23.2 Å². The first-order chi connectivity index (χ1) is 13.1. The SMILES string of the molecule is CN=C(NCCc1c(F)cccc1Cl)NC1CCCC(C(=O)NC2CC2)C1. The monoisotopic (exact) mass is 394 g/mol. The van der Waals surface area contributed by atoms with Gasteiger partial charge in [0, 0.05) is 42.2 Å². The third-order valence-electron chi connectivity index (χ3n) is 5.26. The minimum absolute atomic E-state index is 0.0761. The Morgan fingerprint density at radius 2 is 2.04 bits per heavy atom. The zero-order chi connectivity index (χ0) is 19.2. The van der Waals surface area contributed by atoms with Crippen molar-refractivity contribution in [3.05, 3.63) is 34.6 Å². The Kier molecular flexibility index (Phi) is 6.94. The lowest BCUT2D eigenvalue weighted by atomic mass is 9.85. The molecule has 0 heterocycles. The van der Waals surface area contributed by atoms with Crippen LogP contribution in [-0.4, -0.2) is 37.5 Å². The Bertz CT molecular complexity index is 672. The Morgan fingerprint density at radius 3 is 2.74 bits per heavy atom. The van der Waals surface area contributed by atoms with Crippen molar-refractivity contribution in [3.8, 4) is 0 Å². The van der Waals surface area contributed by atoms with Crippen LogP contribution < -0.4 is 16.0 Å². The molecule has 3 rings (SSSR count). The minimum Gasteiger partial charge on any atom is -0.356 e. The minimum atomic E-state index is -0.288. The Hall–Kier alpha value is -1.82. The van der Waals surface area contributed by atoms with Gasteiger partial charge in [-0.3, -0.25) is 9.79 Å². The highest BCUT2D eigenvalue weighted by Gasteiger charge is 2.31. The van der Waals surface area contributed by atoms with Crippen molar-refractivity contribution in [2.45, 2.75) is 57.0 Å². The first-order valence-corrected chi connectivity index (χ1v) is 10.1. The fraction of sp³-hybridized carbons (Fsp3) is 0.600. The number of guanidine groups is 1.